The molecule has 0 saturated carbocycles. The Labute approximate surface area is 204 Å². The highest BCUT2D eigenvalue weighted by Crippen LogP contribution is 2.31. The van der Waals surface area contributed by atoms with E-state index in [9.17, 15) is 14.0 Å². The average Bonchev–Trinajstić information content (AvgIpc) is 3.62. The molecule has 0 fully saturated rings. The molecule has 0 aliphatic heterocycles. The van der Waals surface area contributed by atoms with Gasteiger partial charge < -0.3 is 13.7 Å². The zero-order chi connectivity index (χ0) is 24.7. The number of ketones is 1. The second-order valence-electron chi connectivity index (χ2n) is 8.25. The smallest absolute Gasteiger partial charge is 0.348 e. The third kappa shape index (κ3) is 4.30. The topological polar surface area (TPSA) is 79.3 Å². The van der Waals surface area contributed by atoms with Crippen LogP contribution in [0.5, 0.6) is 0 Å². The lowest BCUT2D eigenvalue weighted by Crippen LogP contribution is -2.14. The Morgan fingerprint density at radius 1 is 1.11 bits per heavy atom. The van der Waals surface area contributed by atoms with E-state index < -0.39 is 5.97 Å². The van der Waals surface area contributed by atoms with Gasteiger partial charge in [0, 0.05) is 22.3 Å². The Hall–Kier alpha value is -3.98. The summed E-state index contributed by atoms with van der Waals surface area (Å²) in [5.74, 6) is -0.395. The van der Waals surface area contributed by atoms with Crippen molar-refractivity contribution in [3.63, 3.8) is 0 Å². The highest BCUT2D eigenvalue weighted by atomic mass is 32.1. The molecule has 0 N–H and O–H groups in total. The predicted octanol–water partition coefficient (Wildman–Crippen LogP) is 5.63. The summed E-state index contributed by atoms with van der Waals surface area (Å²) in [4.78, 5) is 26.7. The van der Waals surface area contributed by atoms with Gasteiger partial charge in [0.2, 0.25) is 5.78 Å². The van der Waals surface area contributed by atoms with Crippen LogP contribution in [0.1, 0.15) is 42.9 Å². The quantitative estimate of drug-likeness (QED) is 0.218. The highest BCUT2D eigenvalue weighted by molar-refractivity contribution is 7.20. The highest BCUT2D eigenvalue weighted by Gasteiger charge is 2.21. The minimum atomic E-state index is -0.575. The van der Waals surface area contributed by atoms with Crippen LogP contribution in [-0.2, 0) is 11.3 Å². The fourth-order valence-corrected chi connectivity index (χ4v) is 5.15. The van der Waals surface area contributed by atoms with Gasteiger partial charge in [0.05, 0.1) is 24.2 Å². The number of carbonyl (C=O) groups is 2. The molecule has 4 aromatic heterocycles. The van der Waals surface area contributed by atoms with Crippen LogP contribution in [0.15, 0.2) is 59.2 Å². The van der Waals surface area contributed by atoms with Gasteiger partial charge in [-0.25, -0.2) is 13.9 Å². The van der Waals surface area contributed by atoms with Crippen molar-refractivity contribution >= 4 is 33.3 Å². The number of esters is 1. The van der Waals surface area contributed by atoms with E-state index in [0.717, 1.165) is 33.1 Å². The minimum absolute atomic E-state index is 0.271. The normalized spacial score (nSPS) is 11.3. The van der Waals surface area contributed by atoms with Crippen molar-refractivity contribution in [1.82, 2.24) is 14.3 Å². The molecule has 4 heterocycles. The summed E-state index contributed by atoms with van der Waals surface area (Å²) >= 11 is 1.22. The molecule has 7 nitrogen and oxygen atoms in total. The fourth-order valence-electron chi connectivity index (χ4n) is 4.07. The second-order valence-corrected chi connectivity index (χ2v) is 9.28. The zero-order valence-electron chi connectivity index (χ0n) is 19.4. The number of thiophene rings is 1. The molecule has 0 bridgehead atoms. The number of ether oxygens (including phenoxy) is 1. The van der Waals surface area contributed by atoms with Gasteiger partial charge in [-0.1, -0.05) is 0 Å². The van der Waals surface area contributed by atoms with Gasteiger partial charge in [0.1, 0.15) is 21.3 Å². The van der Waals surface area contributed by atoms with E-state index in [1.54, 1.807) is 35.2 Å². The molecule has 178 valence electrons. The number of benzene rings is 1. The third-order valence-corrected chi connectivity index (χ3v) is 7.01. The molecule has 5 rings (SSSR count). The summed E-state index contributed by atoms with van der Waals surface area (Å²) in [6.07, 6.45) is 1.61. The van der Waals surface area contributed by atoms with Crippen molar-refractivity contribution in [2.75, 3.05) is 6.61 Å². The molecule has 1 aromatic carbocycles. The second kappa shape index (κ2) is 8.99. The number of aryl methyl sites for hydroxylation is 2. The molecule has 0 atom stereocenters. The van der Waals surface area contributed by atoms with Crippen LogP contribution in [-0.4, -0.2) is 32.7 Å². The summed E-state index contributed by atoms with van der Waals surface area (Å²) < 4.78 is 27.8. The number of rotatable bonds is 7. The standard InChI is InChI=1S/C26H22FN3O4S/c1-15-11-22(17(3)29(15)13-20-5-4-10-33-20)23(31)14-34-26(32)24-12-21-16(2)28-30(25(21)35-24)19-8-6-18(27)7-9-19/h4-12H,13-14H2,1-3H3. The Kier molecular flexibility index (Phi) is 5.86. The van der Waals surface area contributed by atoms with Gasteiger partial charge >= 0.3 is 5.97 Å². The molecule has 9 heteroatoms. The summed E-state index contributed by atoms with van der Waals surface area (Å²) in [6.45, 7) is 5.78. The summed E-state index contributed by atoms with van der Waals surface area (Å²) in [6, 6.07) is 13.2. The molecule has 0 spiro atoms. The Morgan fingerprint density at radius 3 is 2.60 bits per heavy atom. The molecule has 0 amide bonds. The average molecular weight is 492 g/mol. The number of aromatic nitrogens is 3. The summed E-state index contributed by atoms with van der Waals surface area (Å²) in [5, 5.41) is 5.30. The fraction of sp³-hybridized carbons (Fsp3) is 0.192. The number of halogens is 1. The van der Waals surface area contributed by atoms with Crippen LogP contribution in [0, 0.1) is 26.6 Å². The van der Waals surface area contributed by atoms with Crippen LogP contribution in [0.4, 0.5) is 4.39 Å². The Balaban J connectivity index is 1.32. The van der Waals surface area contributed by atoms with E-state index in [4.69, 9.17) is 9.15 Å². The molecule has 0 radical (unpaired) electrons. The van der Waals surface area contributed by atoms with Crippen LogP contribution < -0.4 is 0 Å². The number of hydrogen-bond donors (Lipinski definition) is 0. The van der Waals surface area contributed by atoms with Crippen LogP contribution in [0.3, 0.4) is 0 Å². The molecule has 0 unspecified atom stereocenters. The number of nitrogens with zero attached hydrogens (tertiary/aromatic N) is 3. The minimum Gasteiger partial charge on any atom is -0.467 e. The summed E-state index contributed by atoms with van der Waals surface area (Å²) in [7, 11) is 0. The van der Waals surface area contributed by atoms with Gasteiger partial charge in [0.25, 0.3) is 0 Å². The molecule has 35 heavy (non-hydrogen) atoms. The lowest BCUT2D eigenvalue weighted by Gasteiger charge is -2.08. The first kappa shape index (κ1) is 22.8. The summed E-state index contributed by atoms with van der Waals surface area (Å²) in [5.41, 5.74) is 3.64. The first-order valence-electron chi connectivity index (χ1n) is 11.0. The maximum atomic E-state index is 13.3. The predicted molar refractivity (Wildman–Crippen MR) is 130 cm³/mol. The number of carbonyl (C=O) groups excluding carboxylic acids is 2. The molecule has 0 saturated heterocycles. The monoisotopic (exact) mass is 491 g/mol. The van der Waals surface area contributed by atoms with E-state index in [-0.39, 0.29) is 18.2 Å². The Bertz CT molecular complexity index is 1540. The van der Waals surface area contributed by atoms with E-state index in [1.807, 2.05) is 37.5 Å². The van der Waals surface area contributed by atoms with Gasteiger partial charge in [-0.15, -0.1) is 11.3 Å². The first-order valence-corrected chi connectivity index (χ1v) is 11.8. The van der Waals surface area contributed by atoms with E-state index >= 15 is 0 Å². The largest absolute Gasteiger partial charge is 0.467 e. The van der Waals surface area contributed by atoms with Crippen LogP contribution in [0.2, 0.25) is 0 Å². The van der Waals surface area contributed by atoms with Crippen molar-refractivity contribution in [2.24, 2.45) is 0 Å². The van der Waals surface area contributed by atoms with Gasteiger partial charge in [-0.3, -0.25) is 4.79 Å². The van der Waals surface area contributed by atoms with Crippen LogP contribution in [0.25, 0.3) is 15.9 Å². The van der Waals surface area contributed by atoms with E-state index in [1.165, 1.54) is 23.5 Å². The van der Waals surface area contributed by atoms with E-state index in [2.05, 4.69) is 5.10 Å². The van der Waals surface area contributed by atoms with Crippen LogP contribution >= 0.6 is 11.3 Å². The molecular formula is C26H22FN3O4S. The number of hydrogen-bond acceptors (Lipinski definition) is 6. The zero-order valence-corrected chi connectivity index (χ0v) is 20.2. The van der Waals surface area contributed by atoms with E-state index in [0.29, 0.717) is 22.7 Å². The maximum absolute atomic E-state index is 13.3. The molecule has 0 aliphatic carbocycles. The first-order chi connectivity index (χ1) is 16.8. The van der Waals surface area contributed by atoms with Crippen molar-refractivity contribution in [2.45, 2.75) is 27.3 Å². The molecule has 5 aromatic rings. The lowest BCUT2D eigenvalue weighted by atomic mass is 10.1. The lowest BCUT2D eigenvalue weighted by molar-refractivity contribution is 0.0479. The third-order valence-electron chi connectivity index (χ3n) is 5.92. The molecular weight excluding hydrogens is 469 g/mol. The Morgan fingerprint density at radius 2 is 1.89 bits per heavy atom. The van der Waals surface area contributed by atoms with Gasteiger partial charge in [-0.05, 0) is 69.3 Å². The number of Topliss-reactive ketones (excluding diaryl/α,β-unsaturated/α-hetero) is 1. The van der Waals surface area contributed by atoms with Gasteiger partial charge in [-0.2, -0.15) is 5.10 Å². The number of fused-ring (bicyclic) bond motifs is 1. The van der Waals surface area contributed by atoms with Crippen molar-refractivity contribution in [3.05, 3.63) is 93.9 Å². The van der Waals surface area contributed by atoms with Crippen molar-refractivity contribution < 1.29 is 23.1 Å². The molecule has 0 aliphatic rings. The SMILES string of the molecule is Cc1nn(-c2ccc(F)cc2)c2sc(C(=O)OCC(=O)c3cc(C)n(Cc4ccco4)c3C)cc12. The van der Waals surface area contributed by atoms with Crippen molar-refractivity contribution in [1.29, 1.82) is 0 Å². The number of furan rings is 1. The maximum Gasteiger partial charge on any atom is 0.348 e. The van der Waals surface area contributed by atoms with Gasteiger partial charge in [0.15, 0.2) is 6.61 Å². The van der Waals surface area contributed by atoms with Crippen molar-refractivity contribution in [3.8, 4) is 5.69 Å².